The lowest BCUT2D eigenvalue weighted by Crippen LogP contribution is -2.51. The quantitative estimate of drug-likeness (QED) is 0.325. The van der Waals surface area contributed by atoms with E-state index in [2.05, 4.69) is 5.32 Å². The van der Waals surface area contributed by atoms with Crippen LogP contribution in [0.5, 0.6) is 5.75 Å². The van der Waals surface area contributed by atoms with Gasteiger partial charge in [-0.3, -0.25) is 19.3 Å². The van der Waals surface area contributed by atoms with Gasteiger partial charge in [0, 0.05) is 12.5 Å². The molecule has 7 nitrogen and oxygen atoms in total. The maximum atomic E-state index is 14.6. The van der Waals surface area contributed by atoms with Crippen LogP contribution in [0, 0.1) is 11.8 Å². The first-order valence-corrected chi connectivity index (χ1v) is 14.0. The molecule has 210 valence electrons. The Kier molecular flexibility index (Phi) is 10.3. The molecule has 1 heterocycles. The molecule has 7 heteroatoms. The number of rotatable bonds is 12. The predicted octanol–water partition coefficient (Wildman–Crippen LogP) is 5.28. The van der Waals surface area contributed by atoms with Crippen molar-refractivity contribution in [1.82, 2.24) is 5.32 Å². The molecule has 0 aromatic heterocycles. The van der Waals surface area contributed by atoms with Crippen molar-refractivity contribution in [2.45, 2.75) is 51.0 Å². The Balaban J connectivity index is 1.68. The number of anilines is 1. The van der Waals surface area contributed by atoms with Crippen LogP contribution < -0.4 is 15.0 Å². The molecule has 0 saturated carbocycles. The Bertz CT molecular complexity index is 1260. The topological polar surface area (TPSA) is 95.9 Å². The lowest BCUT2D eigenvalue weighted by Gasteiger charge is -2.34. The number of carboxylic acids is 1. The molecule has 2 N–H and O–H groups in total. The fourth-order valence-corrected chi connectivity index (χ4v) is 5.46. The number of methoxy groups -OCH3 is 1. The highest BCUT2D eigenvalue weighted by Gasteiger charge is 2.37. The molecule has 2 amide bonds. The molecule has 0 aliphatic carbocycles. The van der Waals surface area contributed by atoms with E-state index in [9.17, 15) is 19.5 Å². The van der Waals surface area contributed by atoms with Gasteiger partial charge < -0.3 is 15.2 Å². The minimum atomic E-state index is -0.875. The molecule has 3 atom stereocenters. The van der Waals surface area contributed by atoms with Gasteiger partial charge in [0.2, 0.25) is 11.8 Å². The van der Waals surface area contributed by atoms with Crippen LogP contribution in [-0.2, 0) is 27.2 Å². The number of nitrogens with zero attached hydrogens (tertiary/aromatic N) is 1. The Labute approximate surface area is 236 Å². The maximum Gasteiger partial charge on any atom is 0.306 e. The van der Waals surface area contributed by atoms with E-state index in [0.29, 0.717) is 50.1 Å². The number of hydrogen-bond donors (Lipinski definition) is 2. The van der Waals surface area contributed by atoms with E-state index < -0.39 is 23.8 Å². The first-order chi connectivity index (χ1) is 19.5. The zero-order valence-corrected chi connectivity index (χ0v) is 23.0. The summed E-state index contributed by atoms with van der Waals surface area (Å²) >= 11 is 0. The molecule has 0 spiro atoms. The van der Waals surface area contributed by atoms with Crippen LogP contribution in [0.2, 0.25) is 0 Å². The summed E-state index contributed by atoms with van der Waals surface area (Å²) in [5.41, 5.74) is 2.49. The van der Waals surface area contributed by atoms with Crippen molar-refractivity contribution in [1.29, 1.82) is 0 Å². The molecule has 0 radical (unpaired) electrons. The van der Waals surface area contributed by atoms with E-state index >= 15 is 0 Å². The second-order valence-corrected chi connectivity index (χ2v) is 10.4. The number of carbonyl (C=O) groups is 3. The van der Waals surface area contributed by atoms with E-state index in [0.717, 1.165) is 24.0 Å². The van der Waals surface area contributed by atoms with Crippen molar-refractivity contribution in [3.8, 4) is 5.75 Å². The molecule has 1 aliphatic rings. The van der Waals surface area contributed by atoms with Gasteiger partial charge in [-0.05, 0) is 68.2 Å². The molecule has 1 saturated heterocycles. The Hall–Kier alpha value is -4.13. The Morgan fingerprint density at radius 2 is 1.45 bits per heavy atom. The van der Waals surface area contributed by atoms with Gasteiger partial charge in [0.1, 0.15) is 11.8 Å². The zero-order valence-electron chi connectivity index (χ0n) is 23.0. The van der Waals surface area contributed by atoms with Crippen LogP contribution in [0.4, 0.5) is 5.69 Å². The number of aliphatic carboxylic acids is 1. The molecule has 1 aliphatic heterocycles. The van der Waals surface area contributed by atoms with E-state index in [1.54, 1.807) is 18.1 Å². The first kappa shape index (κ1) is 28.9. The lowest BCUT2D eigenvalue weighted by molar-refractivity contribution is -0.142. The van der Waals surface area contributed by atoms with Gasteiger partial charge in [0.15, 0.2) is 0 Å². The maximum absolute atomic E-state index is 14.6. The fraction of sp³-hybridized carbons (Fsp3) is 0.364. The van der Waals surface area contributed by atoms with Crippen LogP contribution in [0.3, 0.4) is 0 Å². The van der Waals surface area contributed by atoms with E-state index in [4.69, 9.17) is 4.74 Å². The number of para-hydroxylation sites is 2. The molecule has 40 heavy (non-hydrogen) atoms. The average molecular weight is 543 g/mol. The second kappa shape index (κ2) is 14.3. The summed E-state index contributed by atoms with van der Waals surface area (Å²) in [6.45, 7) is 0.580. The van der Waals surface area contributed by atoms with Crippen LogP contribution in [-0.4, -0.2) is 42.6 Å². The lowest BCUT2D eigenvalue weighted by atomic mass is 9.86. The normalized spacial score (nSPS) is 16.7. The highest BCUT2D eigenvalue weighted by Crippen LogP contribution is 2.34. The van der Waals surface area contributed by atoms with Crippen molar-refractivity contribution in [3.05, 3.63) is 96.1 Å². The summed E-state index contributed by atoms with van der Waals surface area (Å²) in [7, 11) is 1.55. The SMILES string of the molecule is COc1ccccc1N(C(=O)[C@H](CC[C@H](Cc1ccccc1)C(=O)O)Cc1ccccc1)C1CCCCNC1=O. The monoisotopic (exact) mass is 542 g/mol. The minimum Gasteiger partial charge on any atom is -0.495 e. The second-order valence-electron chi connectivity index (χ2n) is 10.4. The molecule has 1 unspecified atom stereocenters. The molecule has 3 aromatic rings. The number of carboxylic acid groups (broad SMARTS) is 1. The first-order valence-electron chi connectivity index (χ1n) is 14.0. The van der Waals surface area contributed by atoms with Crippen molar-refractivity contribution in [3.63, 3.8) is 0 Å². The third-order valence-corrected chi connectivity index (χ3v) is 7.61. The van der Waals surface area contributed by atoms with Gasteiger partial charge in [-0.2, -0.15) is 0 Å². The molecular formula is C33H38N2O5. The van der Waals surface area contributed by atoms with Crippen LogP contribution in [0.1, 0.15) is 43.2 Å². The largest absolute Gasteiger partial charge is 0.495 e. The molecule has 4 rings (SSSR count). The van der Waals surface area contributed by atoms with Gasteiger partial charge in [0.05, 0.1) is 18.7 Å². The summed E-state index contributed by atoms with van der Waals surface area (Å²) in [5.74, 6) is -1.89. The number of hydrogen-bond acceptors (Lipinski definition) is 4. The van der Waals surface area contributed by atoms with Crippen LogP contribution in [0.25, 0.3) is 0 Å². The minimum absolute atomic E-state index is 0.178. The summed E-state index contributed by atoms with van der Waals surface area (Å²) in [6, 6.07) is 25.9. The number of carbonyl (C=O) groups excluding carboxylic acids is 2. The van der Waals surface area contributed by atoms with Gasteiger partial charge in [0.25, 0.3) is 0 Å². The van der Waals surface area contributed by atoms with E-state index in [-0.39, 0.29) is 11.8 Å². The smallest absolute Gasteiger partial charge is 0.306 e. The zero-order chi connectivity index (χ0) is 28.3. The van der Waals surface area contributed by atoms with E-state index in [1.807, 2.05) is 78.9 Å². The molecule has 3 aromatic carbocycles. The van der Waals surface area contributed by atoms with Crippen molar-refractivity contribution in [2.75, 3.05) is 18.6 Å². The van der Waals surface area contributed by atoms with E-state index in [1.165, 1.54) is 0 Å². The summed E-state index contributed by atoms with van der Waals surface area (Å²) in [4.78, 5) is 41.7. The molecule has 0 bridgehead atoms. The number of amides is 2. The number of nitrogens with one attached hydrogen (secondary N) is 1. The molecule has 1 fully saturated rings. The third-order valence-electron chi connectivity index (χ3n) is 7.61. The van der Waals surface area contributed by atoms with Gasteiger partial charge in [-0.25, -0.2) is 0 Å². The van der Waals surface area contributed by atoms with Crippen molar-refractivity contribution in [2.24, 2.45) is 11.8 Å². The Morgan fingerprint density at radius 1 is 0.875 bits per heavy atom. The van der Waals surface area contributed by atoms with Crippen molar-refractivity contribution >= 4 is 23.5 Å². The Morgan fingerprint density at radius 3 is 2.08 bits per heavy atom. The van der Waals surface area contributed by atoms with Gasteiger partial charge in [-0.15, -0.1) is 0 Å². The number of benzene rings is 3. The van der Waals surface area contributed by atoms with Crippen LogP contribution >= 0.6 is 0 Å². The average Bonchev–Trinajstić information content (AvgIpc) is 3.19. The standard InChI is InChI=1S/C33H38N2O5/c1-40-30-18-9-8-16-28(30)35(29-17-10-11-21-34-31(29)36)32(37)26(22-24-12-4-2-5-13-24)19-20-27(33(38)39)23-25-14-6-3-7-15-25/h2-9,12-16,18,26-27,29H,10-11,17,19-23H2,1H3,(H,34,36)(H,38,39)/t26-,27-,29?/m1/s1. The van der Waals surface area contributed by atoms with Gasteiger partial charge in [-0.1, -0.05) is 72.8 Å². The number of ether oxygens (including phenoxy) is 1. The third kappa shape index (κ3) is 7.50. The van der Waals surface area contributed by atoms with Crippen LogP contribution in [0.15, 0.2) is 84.9 Å². The van der Waals surface area contributed by atoms with Crippen molar-refractivity contribution < 1.29 is 24.2 Å². The molecular weight excluding hydrogens is 504 g/mol. The summed E-state index contributed by atoms with van der Waals surface area (Å²) < 4.78 is 5.62. The predicted molar refractivity (Wildman–Crippen MR) is 155 cm³/mol. The van der Waals surface area contributed by atoms with Gasteiger partial charge >= 0.3 is 5.97 Å². The fourth-order valence-electron chi connectivity index (χ4n) is 5.46. The highest BCUT2D eigenvalue weighted by molar-refractivity contribution is 6.03. The summed E-state index contributed by atoms with van der Waals surface area (Å²) in [5, 5.41) is 13.0. The summed E-state index contributed by atoms with van der Waals surface area (Å²) in [6.07, 6.45) is 3.75. The highest BCUT2D eigenvalue weighted by atomic mass is 16.5.